The molecule has 49 heavy (non-hydrogen) atoms. The zero-order valence-electron chi connectivity index (χ0n) is 26.5. The Morgan fingerprint density at radius 2 is 1.69 bits per heavy atom. The van der Waals surface area contributed by atoms with E-state index in [1.165, 1.54) is 38.8 Å². The first kappa shape index (κ1) is 37.9. The lowest BCUT2D eigenvalue weighted by Crippen LogP contribution is -2.37. The maximum Gasteiger partial charge on any atom is 0.416 e. The van der Waals surface area contributed by atoms with Gasteiger partial charge in [0.2, 0.25) is 0 Å². The molecule has 4 rings (SSSR count). The van der Waals surface area contributed by atoms with E-state index in [0.29, 0.717) is 12.1 Å². The van der Waals surface area contributed by atoms with Gasteiger partial charge in [0, 0.05) is 18.7 Å². The molecule has 2 aromatic carbocycles. The Bertz CT molecular complexity index is 1740. The molecule has 0 unspecified atom stereocenters. The number of carbonyl (C=O) groups excluding carboxylic acids is 1. The predicted octanol–water partition coefficient (Wildman–Crippen LogP) is 7.60. The lowest BCUT2D eigenvalue weighted by atomic mass is 9.94. The fraction of sp³-hybridized carbons (Fsp3) is 0.467. The highest BCUT2D eigenvalue weighted by atomic mass is 127. The number of nitrogens with zero attached hydrogens (tertiary/aromatic N) is 6. The number of benzene rings is 2. The van der Waals surface area contributed by atoms with Gasteiger partial charge in [0.25, 0.3) is 5.95 Å². The minimum absolute atomic E-state index is 0.0762. The van der Waals surface area contributed by atoms with E-state index in [1.54, 1.807) is 0 Å². The van der Waals surface area contributed by atoms with E-state index in [-0.39, 0.29) is 47.7 Å². The van der Waals surface area contributed by atoms with E-state index < -0.39 is 90.4 Å². The van der Waals surface area contributed by atoms with Gasteiger partial charge in [-0.15, -0.1) is 5.10 Å². The average molecular weight is 819 g/mol. The van der Waals surface area contributed by atoms with Gasteiger partial charge in [-0.25, -0.2) is 4.79 Å². The molecule has 10 nitrogen and oxygen atoms in total. The molecule has 1 aromatic heterocycles. The van der Waals surface area contributed by atoms with E-state index in [2.05, 4.69) is 19.9 Å². The molecular formula is C30H31F8IN6O4. The van der Waals surface area contributed by atoms with Gasteiger partial charge in [-0.3, -0.25) is 9.69 Å². The summed E-state index contributed by atoms with van der Waals surface area (Å²) in [7, 11) is 1.40. The highest BCUT2D eigenvalue weighted by molar-refractivity contribution is 14.2. The summed E-state index contributed by atoms with van der Waals surface area (Å²) >= 11 is -2.11. The number of rotatable bonds is 9. The molecule has 0 bridgehead atoms. The third kappa shape index (κ3) is 8.46. The molecule has 1 aliphatic rings. The number of aryl methyl sites for hydroxylation is 2. The van der Waals surface area contributed by atoms with Crippen LogP contribution in [0.3, 0.4) is 0 Å². The molecule has 1 amide bonds. The fourth-order valence-corrected chi connectivity index (χ4v) is 5.98. The fourth-order valence-electron chi connectivity index (χ4n) is 5.23. The van der Waals surface area contributed by atoms with E-state index in [1.807, 2.05) is 0 Å². The van der Waals surface area contributed by atoms with E-state index >= 15 is 0 Å². The summed E-state index contributed by atoms with van der Waals surface area (Å²) in [5, 5.41) is 21.3. The number of alkyl halides is 9. The number of hydrogen-bond acceptors (Lipinski definition) is 7. The first-order valence-corrected chi connectivity index (χ1v) is 17.0. The molecule has 0 saturated carbocycles. The predicted molar refractivity (Wildman–Crippen MR) is 170 cm³/mol. The zero-order chi connectivity index (χ0) is 36.7. The number of tetrazole rings is 1. The molecule has 3 aromatic rings. The van der Waals surface area contributed by atoms with Crippen molar-refractivity contribution in [2.24, 2.45) is 12.5 Å². The Balaban J connectivity index is 1.90. The molecule has 1 N–H and O–H groups in total. The monoisotopic (exact) mass is 818 g/mol. The summed E-state index contributed by atoms with van der Waals surface area (Å²) in [6.07, 6.45) is -10.8. The maximum atomic E-state index is 14.8. The number of aromatic nitrogens is 4. The number of ether oxygens (including phenoxy) is 1. The van der Waals surface area contributed by atoms with Crippen LogP contribution in [0.4, 0.5) is 51.6 Å². The molecule has 1 aliphatic heterocycles. The molecular weight excluding hydrogens is 787 g/mol. The van der Waals surface area contributed by atoms with Gasteiger partial charge in [0.1, 0.15) is 6.61 Å². The van der Waals surface area contributed by atoms with E-state index in [0.717, 1.165) is 21.8 Å². The second kappa shape index (κ2) is 13.8. The Labute approximate surface area is 284 Å². The molecule has 268 valence electrons. The molecule has 1 atom stereocenters. The summed E-state index contributed by atoms with van der Waals surface area (Å²) in [4.78, 5) is 28.2. The largest absolute Gasteiger partial charge is 0.481 e. The van der Waals surface area contributed by atoms with Crippen LogP contribution in [0.2, 0.25) is 0 Å². The van der Waals surface area contributed by atoms with Crippen molar-refractivity contribution in [1.82, 2.24) is 20.2 Å². The number of hydrogen-bond donors (Lipinski definition) is 1. The highest BCUT2D eigenvalue weighted by Gasteiger charge is 2.40. The van der Waals surface area contributed by atoms with Gasteiger partial charge in [-0.2, -0.15) is 39.9 Å². The Morgan fingerprint density at radius 3 is 2.24 bits per heavy atom. The molecule has 0 spiro atoms. The lowest BCUT2D eigenvalue weighted by molar-refractivity contribution is -0.149. The Kier molecular flexibility index (Phi) is 10.7. The van der Waals surface area contributed by atoms with Crippen molar-refractivity contribution >= 4 is 48.9 Å². The van der Waals surface area contributed by atoms with Gasteiger partial charge >= 0.3 is 28.3 Å². The van der Waals surface area contributed by atoms with Crippen molar-refractivity contribution in [2.75, 3.05) is 23.0 Å². The first-order valence-electron chi connectivity index (χ1n) is 14.4. The molecule has 0 aliphatic carbocycles. The number of anilines is 2. The van der Waals surface area contributed by atoms with Gasteiger partial charge in [0.05, 0.1) is 35.3 Å². The number of carbonyl (C=O) groups is 2. The smallest absolute Gasteiger partial charge is 0.416 e. The van der Waals surface area contributed by atoms with Crippen LogP contribution >= 0.6 is 20.7 Å². The number of carboxylic acids is 1. The summed E-state index contributed by atoms with van der Waals surface area (Å²) in [6, 6.07) is 2.86. The van der Waals surface area contributed by atoms with Crippen LogP contribution in [0.15, 0.2) is 30.3 Å². The van der Waals surface area contributed by atoms with Gasteiger partial charge in [-0.05, 0) is 101 Å². The van der Waals surface area contributed by atoms with Crippen LogP contribution < -0.4 is 9.80 Å². The minimum Gasteiger partial charge on any atom is -0.481 e. The Hall–Kier alpha value is -3.91. The van der Waals surface area contributed by atoms with Gasteiger partial charge in [0.15, 0.2) is 0 Å². The van der Waals surface area contributed by atoms with Crippen molar-refractivity contribution < 1.29 is 54.6 Å². The standard InChI is InChI=1S/C30H31F8IN6O4/c1-16-9-20-22(7-6-8-44(23(20)13-21(16)29(34,35)36)26(48)49-15-27(2,3)24(46)47)45(25-40-42-43(5)41-25)14-17-10-18(28(31,32)33)12-19(11-17)30(37,38)39-4/h9-13,22H,4,6-8,14-15H2,1-3,5H3,(H,46,47)/t22-/m0/s1. The van der Waals surface area contributed by atoms with Crippen LogP contribution in [-0.2, 0) is 39.4 Å². The molecule has 19 heteroatoms. The highest BCUT2D eigenvalue weighted by Crippen LogP contribution is 2.45. The van der Waals surface area contributed by atoms with Crippen molar-refractivity contribution in [3.63, 3.8) is 0 Å². The minimum atomic E-state index is -4.99. The first-order chi connectivity index (χ1) is 22.5. The summed E-state index contributed by atoms with van der Waals surface area (Å²) < 4.78 is 119. The van der Waals surface area contributed by atoms with Crippen LogP contribution in [0.5, 0.6) is 0 Å². The SMILES string of the molecule is C=IC(F)(F)c1cc(CN(c2nnn(C)n2)[C@H]2CCCN(C(=O)OCC(C)(C)C(=O)O)c3cc(C(F)(F)F)c(C)cc32)cc(C(F)(F)F)c1. The molecule has 0 fully saturated rings. The summed E-state index contributed by atoms with van der Waals surface area (Å²) in [5.41, 5.74) is -5.46. The van der Waals surface area contributed by atoms with Gasteiger partial charge < -0.3 is 14.7 Å². The van der Waals surface area contributed by atoms with Crippen LogP contribution in [0.1, 0.15) is 66.1 Å². The molecule has 0 saturated heterocycles. The topological polar surface area (TPSA) is 114 Å². The van der Waals surface area contributed by atoms with Crippen molar-refractivity contribution in [3.8, 4) is 0 Å². The molecule has 2 heterocycles. The number of aliphatic carboxylic acids is 1. The normalized spacial score (nSPS) is 15.8. The van der Waals surface area contributed by atoms with E-state index in [9.17, 15) is 49.8 Å². The van der Waals surface area contributed by atoms with Gasteiger partial charge in [-0.1, -0.05) is 15.7 Å². The van der Waals surface area contributed by atoms with Crippen LogP contribution in [-0.4, -0.2) is 55.0 Å². The van der Waals surface area contributed by atoms with Crippen molar-refractivity contribution in [2.45, 2.75) is 62.5 Å². The van der Waals surface area contributed by atoms with Crippen LogP contribution in [0, 0.1) is 12.3 Å². The third-order valence-corrected chi connectivity index (χ3v) is 9.42. The van der Waals surface area contributed by atoms with Crippen molar-refractivity contribution in [3.05, 3.63) is 63.7 Å². The lowest BCUT2D eigenvalue weighted by Gasteiger charge is -2.33. The molecule has 0 radical (unpaired) electrons. The zero-order valence-corrected chi connectivity index (χ0v) is 28.6. The third-order valence-electron chi connectivity index (χ3n) is 7.84. The number of halogens is 9. The quantitative estimate of drug-likeness (QED) is 0.134. The van der Waals surface area contributed by atoms with E-state index in [4.69, 9.17) is 4.74 Å². The number of carboxylic acid groups (broad SMARTS) is 1. The van der Waals surface area contributed by atoms with Crippen LogP contribution in [0.25, 0.3) is 0 Å². The van der Waals surface area contributed by atoms with Crippen molar-refractivity contribution in [1.29, 1.82) is 0 Å². The average Bonchev–Trinajstić information content (AvgIpc) is 3.35. The second-order valence-electron chi connectivity index (χ2n) is 12.0. The summed E-state index contributed by atoms with van der Waals surface area (Å²) in [6.45, 7) is 2.46. The number of fused-ring (bicyclic) bond motifs is 1. The maximum absolute atomic E-state index is 14.8. The number of amides is 1. The Morgan fingerprint density at radius 1 is 1.04 bits per heavy atom. The summed E-state index contributed by atoms with van der Waals surface area (Å²) in [5.74, 6) is -1.46. The second-order valence-corrected chi connectivity index (χ2v) is 14.1.